The topological polar surface area (TPSA) is 76.2 Å². The Morgan fingerprint density at radius 1 is 1.19 bits per heavy atom. The van der Waals surface area contributed by atoms with E-state index >= 15 is 0 Å². The number of carbonyl (C=O) groups is 1. The van der Waals surface area contributed by atoms with Gasteiger partial charge in [0.2, 0.25) is 5.91 Å². The van der Waals surface area contributed by atoms with E-state index in [2.05, 4.69) is 15.3 Å². The minimum absolute atomic E-state index is 0.00695. The second-order valence-electron chi connectivity index (χ2n) is 8.57. The molecule has 0 saturated heterocycles. The first kappa shape index (κ1) is 20.9. The van der Waals surface area contributed by atoms with E-state index in [9.17, 15) is 18.0 Å². The standard InChI is InChI=1S/C23H24F3N3O3/c24-23(25,26)15-5-6-17-18(12-15)29-21(28-17)13-2-1-3-16(10-13)27-22(30)14-4-7-19-20(11-14)32-9-8-31-19/h4-7,12-14,16H,1-3,8-11H2,(H,27,30)(H,28,29). The van der Waals surface area contributed by atoms with Gasteiger partial charge in [-0.1, -0.05) is 12.5 Å². The van der Waals surface area contributed by atoms with Crippen LogP contribution in [0.2, 0.25) is 0 Å². The molecular weight excluding hydrogens is 423 g/mol. The smallest absolute Gasteiger partial charge is 0.416 e. The molecule has 6 nitrogen and oxygen atoms in total. The van der Waals surface area contributed by atoms with Crippen LogP contribution in [0.15, 0.2) is 41.9 Å². The van der Waals surface area contributed by atoms with Crippen molar-refractivity contribution < 1.29 is 27.4 Å². The number of hydrogen-bond acceptors (Lipinski definition) is 4. The lowest BCUT2D eigenvalue weighted by molar-refractivity contribution is -0.137. The molecule has 1 fully saturated rings. The summed E-state index contributed by atoms with van der Waals surface area (Å²) in [5.41, 5.74) is 0.206. The number of halogens is 3. The van der Waals surface area contributed by atoms with E-state index in [-0.39, 0.29) is 23.8 Å². The minimum Gasteiger partial charge on any atom is -0.490 e. The van der Waals surface area contributed by atoms with Crippen LogP contribution in [0, 0.1) is 5.92 Å². The third kappa shape index (κ3) is 4.20. The molecule has 1 amide bonds. The van der Waals surface area contributed by atoms with Gasteiger partial charge in [-0.25, -0.2) is 4.98 Å². The van der Waals surface area contributed by atoms with Crippen molar-refractivity contribution in [3.63, 3.8) is 0 Å². The number of ether oxygens (including phenoxy) is 2. The Bertz CT molecular complexity index is 1090. The van der Waals surface area contributed by atoms with Crippen LogP contribution in [0.25, 0.3) is 11.0 Å². The highest BCUT2D eigenvalue weighted by Gasteiger charge is 2.32. The molecule has 0 radical (unpaired) electrons. The van der Waals surface area contributed by atoms with Crippen molar-refractivity contribution in [3.8, 4) is 0 Å². The summed E-state index contributed by atoms with van der Waals surface area (Å²) in [5, 5.41) is 3.15. The third-order valence-electron chi connectivity index (χ3n) is 6.35. The van der Waals surface area contributed by atoms with E-state index in [4.69, 9.17) is 9.47 Å². The fourth-order valence-electron chi connectivity index (χ4n) is 4.70. The highest BCUT2D eigenvalue weighted by atomic mass is 19.4. The summed E-state index contributed by atoms with van der Waals surface area (Å²) in [6.45, 7) is 1.01. The molecule has 2 aromatic rings. The van der Waals surface area contributed by atoms with E-state index < -0.39 is 11.7 Å². The molecule has 2 N–H and O–H groups in total. The lowest BCUT2D eigenvalue weighted by Crippen LogP contribution is -2.41. The number of H-pyrrole nitrogens is 1. The number of hydrogen-bond donors (Lipinski definition) is 2. The largest absolute Gasteiger partial charge is 0.490 e. The van der Waals surface area contributed by atoms with Crippen LogP contribution < -0.4 is 5.32 Å². The maximum atomic E-state index is 13.0. The number of fused-ring (bicyclic) bond motifs is 1. The minimum atomic E-state index is -4.39. The molecular formula is C23H24F3N3O3. The molecule has 1 aromatic heterocycles. The first-order chi connectivity index (χ1) is 15.4. The summed E-state index contributed by atoms with van der Waals surface area (Å²) in [6, 6.07) is 3.54. The monoisotopic (exact) mass is 447 g/mol. The fourth-order valence-corrected chi connectivity index (χ4v) is 4.70. The molecule has 32 heavy (non-hydrogen) atoms. The van der Waals surface area contributed by atoms with Crippen LogP contribution in [0.4, 0.5) is 13.2 Å². The number of aromatic amines is 1. The highest BCUT2D eigenvalue weighted by molar-refractivity contribution is 5.81. The molecule has 9 heteroatoms. The number of benzene rings is 1. The van der Waals surface area contributed by atoms with Gasteiger partial charge in [-0.3, -0.25) is 4.79 Å². The molecule has 2 aliphatic carbocycles. The molecule has 1 aromatic carbocycles. The molecule has 0 bridgehead atoms. The predicted molar refractivity (Wildman–Crippen MR) is 110 cm³/mol. The summed E-state index contributed by atoms with van der Waals surface area (Å²) in [6.07, 6.45) is 3.09. The van der Waals surface area contributed by atoms with Gasteiger partial charge in [-0.2, -0.15) is 13.2 Å². The molecule has 2 heterocycles. The average Bonchev–Trinajstić information content (AvgIpc) is 3.22. The second-order valence-corrected chi connectivity index (χ2v) is 8.57. The second kappa shape index (κ2) is 8.18. The van der Waals surface area contributed by atoms with Gasteiger partial charge in [-0.05, 0) is 43.5 Å². The fraction of sp³-hybridized carbons (Fsp3) is 0.478. The van der Waals surface area contributed by atoms with Gasteiger partial charge in [0, 0.05) is 18.4 Å². The summed E-state index contributed by atoms with van der Waals surface area (Å²) in [5.74, 6) is 1.81. The number of aromatic nitrogens is 2. The van der Waals surface area contributed by atoms with Crippen molar-refractivity contribution in [2.45, 2.75) is 50.2 Å². The van der Waals surface area contributed by atoms with Crippen LogP contribution in [0.5, 0.6) is 0 Å². The first-order valence-electron chi connectivity index (χ1n) is 10.9. The van der Waals surface area contributed by atoms with Gasteiger partial charge in [0.25, 0.3) is 0 Å². The van der Waals surface area contributed by atoms with Gasteiger partial charge in [-0.15, -0.1) is 0 Å². The molecule has 3 unspecified atom stereocenters. The van der Waals surface area contributed by atoms with E-state index in [1.165, 1.54) is 6.07 Å². The summed E-state index contributed by atoms with van der Waals surface area (Å²) in [4.78, 5) is 20.4. The van der Waals surface area contributed by atoms with Crippen molar-refractivity contribution in [2.24, 2.45) is 5.92 Å². The molecule has 1 aliphatic heterocycles. The van der Waals surface area contributed by atoms with Crippen LogP contribution in [-0.2, 0) is 20.4 Å². The van der Waals surface area contributed by atoms with E-state index in [1.807, 2.05) is 6.08 Å². The van der Waals surface area contributed by atoms with Gasteiger partial charge >= 0.3 is 6.18 Å². The zero-order valence-corrected chi connectivity index (χ0v) is 17.4. The number of nitrogens with one attached hydrogen (secondary N) is 2. The lowest BCUT2D eigenvalue weighted by atomic mass is 9.84. The van der Waals surface area contributed by atoms with E-state index in [0.717, 1.165) is 37.2 Å². The van der Waals surface area contributed by atoms with Gasteiger partial charge in [0.15, 0.2) is 5.76 Å². The Hall–Kier alpha value is -2.97. The van der Waals surface area contributed by atoms with E-state index in [1.54, 1.807) is 6.08 Å². The number of nitrogens with zero attached hydrogens (tertiary/aromatic N) is 1. The van der Waals surface area contributed by atoms with Crippen LogP contribution >= 0.6 is 0 Å². The van der Waals surface area contributed by atoms with Gasteiger partial charge in [0.1, 0.15) is 24.8 Å². The van der Waals surface area contributed by atoms with E-state index in [0.29, 0.717) is 48.7 Å². The summed E-state index contributed by atoms with van der Waals surface area (Å²) in [7, 11) is 0. The Kier molecular flexibility index (Phi) is 5.35. The molecule has 1 saturated carbocycles. The third-order valence-corrected chi connectivity index (χ3v) is 6.35. The summed E-state index contributed by atoms with van der Waals surface area (Å²) < 4.78 is 50.2. The molecule has 5 rings (SSSR count). The quantitative estimate of drug-likeness (QED) is 0.724. The van der Waals surface area contributed by atoms with Crippen molar-refractivity contribution >= 4 is 16.9 Å². The SMILES string of the molecule is O=C(NC1CCCC(c2nc3ccc(C(F)(F)F)cc3[nH]2)C1)C1C=CC2=C(C1)OCCO2. The predicted octanol–water partition coefficient (Wildman–Crippen LogP) is 4.56. The highest BCUT2D eigenvalue weighted by Crippen LogP contribution is 2.35. The number of rotatable bonds is 3. The maximum absolute atomic E-state index is 13.0. The Labute approximate surface area is 182 Å². The first-order valence-corrected chi connectivity index (χ1v) is 10.9. The number of amides is 1. The Morgan fingerprint density at radius 3 is 2.88 bits per heavy atom. The van der Waals surface area contributed by atoms with Crippen LogP contribution in [0.1, 0.15) is 49.4 Å². The Balaban J connectivity index is 1.24. The number of alkyl halides is 3. The molecule has 0 spiro atoms. The number of allylic oxidation sites excluding steroid dienone is 2. The van der Waals surface area contributed by atoms with Crippen molar-refractivity contribution in [1.82, 2.24) is 15.3 Å². The van der Waals surface area contributed by atoms with Gasteiger partial charge in [0.05, 0.1) is 22.5 Å². The zero-order chi connectivity index (χ0) is 22.3. The Morgan fingerprint density at radius 2 is 2.03 bits per heavy atom. The average molecular weight is 447 g/mol. The summed E-state index contributed by atoms with van der Waals surface area (Å²) >= 11 is 0. The van der Waals surface area contributed by atoms with Crippen molar-refractivity contribution in [1.29, 1.82) is 0 Å². The number of imidazole rings is 1. The van der Waals surface area contributed by atoms with Crippen molar-refractivity contribution in [2.75, 3.05) is 13.2 Å². The normalized spacial score (nSPS) is 25.8. The molecule has 3 aliphatic rings. The zero-order valence-electron chi connectivity index (χ0n) is 17.4. The number of carbonyl (C=O) groups excluding carboxylic acids is 1. The molecule has 3 atom stereocenters. The van der Waals surface area contributed by atoms with Crippen LogP contribution in [-0.4, -0.2) is 35.1 Å². The molecule has 170 valence electrons. The van der Waals surface area contributed by atoms with Gasteiger partial charge < -0.3 is 19.8 Å². The maximum Gasteiger partial charge on any atom is 0.416 e. The lowest BCUT2D eigenvalue weighted by Gasteiger charge is -2.31. The van der Waals surface area contributed by atoms with Crippen LogP contribution in [0.3, 0.4) is 0 Å². The van der Waals surface area contributed by atoms with Crippen molar-refractivity contribution in [3.05, 3.63) is 53.3 Å².